The molecule has 1 aliphatic rings. The van der Waals surface area contributed by atoms with Crippen molar-refractivity contribution in [3.05, 3.63) is 12.2 Å². The summed E-state index contributed by atoms with van der Waals surface area (Å²) in [6.45, 7) is 0. The average Bonchev–Trinajstić information content (AvgIpc) is 2.52. The quantitative estimate of drug-likeness (QED) is 0.580. The summed E-state index contributed by atoms with van der Waals surface area (Å²) in [5, 5.41) is 9.88. The molecule has 1 unspecified atom stereocenters. The summed E-state index contributed by atoms with van der Waals surface area (Å²) >= 11 is 0. The summed E-state index contributed by atoms with van der Waals surface area (Å²) in [4.78, 5) is 11.8. The van der Waals surface area contributed by atoms with E-state index in [-0.39, 0.29) is 5.78 Å². The summed E-state index contributed by atoms with van der Waals surface area (Å²) in [6, 6.07) is 0. The molecule has 128 valence electrons. The van der Waals surface area contributed by atoms with Gasteiger partial charge in [0.2, 0.25) is 0 Å². The molecule has 0 aromatic rings. The molecule has 0 radical (unpaired) electrons. The van der Waals surface area contributed by atoms with Crippen LogP contribution in [0, 0.1) is 0 Å². The fourth-order valence-corrected chi connectivity index (χ4v) is 3.14. The van der Waals surface area contributed by atoms with E-state index < -0.39 is 6.10 Å². The number of Topliss-reactive ketones (excluding diaryl/α,β-unsaturated/α-hetero) is 1. The molecule has 1 atom stereocenters. The number of ketones is 1. The van der Waals surface area contributed by atoms with Crippen LogP contribution in [0.25, 0.3) is 0 Å². The smallest absolute Gasteiger partial charge is 0.161 e. The summed E-state index contributed by atoms with van der Waals surface area (Å²) in [5.74, 6) is 0.0690. The van der Waals surface area contributed by atoms with E-state index in [0.29, 0.717) is 12.8 Å². The fourth-order valence-electron chi connectivity index (χ4n) is 3.14. The molecule has 0 saturated carbocycles. The first kappa shape index (κ1) is 19.4. The summed E-state index contributed by atoms with van der Waals surface area (Å²) in [6.07, 6.45) is 22.2. The van der Waals surface area contributed by atoms with Gasteiger partial charge < -0.3 is 5.11 Å². The highest BCUT2D eigenvalue weighted by atomic mass is 16.3. The Morgan fingerprint density at radius 3 is 1.73 bits per heavy atom. The van der Waals surface area contributed by atoms with E-state index in [1.165, 1.54) is 64.2 Å². The lowest BCUT2D eigenvalue weighted by atomic mass is 10.0. The molecule has 0 aromatic heterocycles. The van der Waals surface area contributed by atoms with Crippen molar-refractivity contribution in [3.8, 4) is 0 Å². The van der Waals surface area contributed by atoms with Crippen LogP contribution < -0.4 is 0 Å². The summed E-state index contributed by atoms with van der Waals surface area (Å²) < 4.78 is 0. The van der Waals surface area contributed by atoms with E-state index in [9.17, 15) is 9.90 Å². The van der Waals surface area contributed by atoms with Gasteiger partial charge in [-0.15, -0.1) is 0 Å². The van der Waals surface area contributed by atoms with Gasteiger partial charge >= 0.3 is 0 Å². The number of hydrogen-bond donors (Lipinski definition) is 1. The van der Waals surface area contributed by atoms with Gasteiger partial charge in [-0.05, 0) is 38.5 Å². The number of aliphatic hydroxyl groups is 1. The summed E-state index contributed by atoms with van der Waals surface area (Å²) in [5.41, 5.74) is 0. The van der Waals surface area contributed by atoms with Gasteiger partial charge in [-0.25, -0.2) is 0 Å². The van der Waals surface area contributed by atoms with Gasteiger partial charge in [-0.2, -0.15) is 0 Å². The predicted molar refractivity (Wildman–Crippen MR) is 94.0 cm³/mol. The first-order chi connectivity index (χ1) is 10.8. The fraction of sp³-hybridized carbons (Fsp3) is 0.850. The van der Waals surface area contributed by atoms with Gasteiger partial charge in [-0.3, -0.25) is 4.79 Å². The number of hydrogen-bond acceptors (Lipinski definition) is 2. The molecule has 0 bridgehead atoms. The maximum absolute atomic E-state index is 11.8. The van der Waals surface area contributed by atoms with Crippen molar-refractivity contribution in [3.63, 3.8) is 0 Å². The van der Waals surface area contributed by atoms with Gasteiger partial charge in [0.15, 0.2) is 5.78 Å². The van der Waals surface area contributed by atoms with E-state index in [2.05, 4.69) is 12.2 Å². The molecule has 0 aliphatic heterocycles. The van der Waals surface area contributed by atoms with E-state index in [1.807, 2.05) is 0 Å². The van der Waals surface area contributed by atoms with Crippen molar-refractivity contribution in [2.45, 2.75) is 109 Å². The van der Waals surface area contributed by atoms with Crippen molar-refractivity contribution in [2.24, 2.45) is 0 Å². The minimum atomic E-state index is -0.700. The van der Waals surface area contributed by atoms with Crippen molar-refractivity contribution in [1.29, 1.82) is 0 Å². The minimum absolute atomic E-state index is 0.0690. The first-order valence-corrected chi connectivity index (χ1v) is 9.66. The van der Waals surface area contributed by atoms with E-state index in [0.717, 1.165) is 25.7 Å². The Hall–Kier alpha value is -0.630. The maximum atomic E-state index is 11.8. The molecule has 0 amide bonds. The number of rotatable bonds is 0. The van der Waals surface area contributed by atoms with Crippen molar-refractivity contribution in [2.75, 3.05) is 0 Å². The molecular weight excluding hydrogens is 272 g/mol. The molecule has 0 fully saturated rings. The Morgan fingerprint density at radius 2 is 1.14 bits per heavy atom. The first-order valence-electron chi connectivity index (χ1n) is 9.66. The molecular formula is C20H36O2. The Balaban J connectivity index is 2.23. The SMILES string of the molecule is O=C1CCCCCCCCC/C=C/CCCCCCCC1O. The number of carbonyl (C=O) groups is 1. The van der Waals surface area contributed by atoms with Crippen LogP contribution in [0.2, 0.25) is 0 Å². The second-order valence-corrected chi connectivity index (χ2v) is 6.81. The molecule has 1 N–H and O–H groups in total. The molecule has 2 heteroatoms. The molecule has 0 saturated heterocycles. The second-order valence-electron chi connectivity index (χ2n) is 6.81. The Bertz CT molecular complexity index is 296. The third-order valence-corrected chi connectivity index (χ3v) is 4.68. The lowest BCUT2D eigenvalue weighted by Crippen LogP contribution is -2.19. The van der Waals surface area contributed by atoms with Crippen molar-refractivity contribution < 1.29 is 9.90 Å². The Morgan fingerprint density at radius 1 is 0.682 bits per heavy atom. The second kappa shape index (κ2) is 14.0. The topological polar surface area (TPSA) is 37.3 Å². The predicted octanol–water partition coefficient (Wildman–Crippen LogP) is 5.73. The minimum Gasteiger partial charge on any atom is -0.385 e. The number of aliphatic hydroxyl groups excluding tert-OH is 1. The van der Waals surface area contributed by atoms with Crippen molar-refractivity contribution >= 4 is 5.78 Å². The van der Waals surface area contributed by atoms with Crippen LogP contribution in [-0.4, -0.2) is 17.0 Å². The van der Waals surface area contributed by atoms with Gasteiger partial charge in [0.1, 0.15) is 6.10 Å². The third-order valence-electron chi connectivity index (χ3n) is 4.68. The zero-order chi connectivity index (χ0) is 15.9. The summed E-state index contributed by atoms with van der Waals surface area (Å²) in [7, 11) is 0. The van der Waals surface area contributed by atoms with Crippen LogP contribution in [0.15, 0.2) is 12.2 Å². The zero-order valence-electron chi connectivity index (χ0n) is 14.4. The maximum Gasteiger partial charge on any atom is 0.161 e. The highest BCUT2D eigenvalue weighted by molar-refractivity contribution is 5.82. The lowest BCUT2D eigenvalue weighted by molar-refractivity contribution is -0.127. The van der Waals surface area contributed by atoms with Crippen LogP contribution >= 0.6 is 0 Å². The van der Waals surface area contributed by atoms with Gasteiger partial charge in [0.25, 0.3) is 0 Å². The lowest BCUT2D eigenvalue weighted by Gasteiger charge is -2.09. The van der Waals surface area contributed by atoms with Crippen LogP contribution in [0.4, 0.5) is 0 Å². The normalized spacial score (nSPS) is 27.1. The number of carbonyl (C=O) groups excluding carboxylic acids is 1. The van der Waals surface area contributed by atoms with Gasteiger partial charge in [-0.1, -0.05) is 69.9 Å². The highest BCUT2D eigenvalue weighted by Crippen LogP contribution is 2.14. The third kappa shape index (κ3) is 11.0. The van der Waals surface area contributed by atoms with E-state index in [1.54, 1.807) is 0 Å². The van der Waals surface area contributed by atoms with Gasteiger partial charge in [0.05, 0.1) is 0 Å². The average molecular weight is 309 g/mol. The van der Waals surface area contributed by atoms with E-state index in [4.69, 9.17) is 0 Å². The van der Waals surface area contributed by atoms with E-state index >= 15 is 0 Å². The Labute approximate surface area is 137 Å². The molecule has 0 spiro atoms. The van der Waals surface area contributed by atoms with Gasteiger partial charge in [0, 0.05) is 6.42 Å². The molecule has 2 nitrogen and oxygen atoms in total. The zero-order valence-corrected chi connectivity index (χ0v) is 14.4. The highest BCUT2D eigenvalue weighted by Gasteiger charge is 2.13. The van der Waals surface area contributed by atoms with Crippen LogP contribution in [0.1, 0.15) is 103 Å². The standard InChI is InChI=1S/C20H36O2/c21-19-17-15-13-11-9-7-5-3-1-2-4-6-8-10-12-14-16-18-20(19)22/h1,3,19,21H,2,4-18H2/b3-1+. The molecule has 0 heterocycles. The van der Waals surface area contributed by atoms with Crippen molar-refractivity contribution in [1.82, 2.24) is 0 Å². The Kier molecular flexibility index (Phi) is 12.4. The van der Waals surface area contributed by atoms with Crippen LogP contribution in [-0.2, 0) is 4.79 Å². The molecule has 1 rings (SSSR count). The van der Waals surface area contributed by atoms with Crippen LogP contribution in [0.3, 0.4) is 0 Å². The molecule has 0 aromatic carbocycles. The largest absolute Gasteiger partial charge is 0.385 e. The molecule has 1 aliphatic carbocycles. The molecule has 22 heavy (non-hydrogen) atoms. The van der Waals surface area contributed by atoms with Crippen LogP contribution in [0.5, 0.6) is 0 Å². The number of allylic oxidation sites excluding steroid dienone is 2. The monoisotopic (exact) mass is 308 g/mol.